The maximum Gasteiger partial charge on any atom is 0.253 e. The number of alkyl halides is 1. The Bertz CT molecular complexity index is 3620. The number of nitrogen functional groups attached to an aromatic ring is 1. The van der Waals surface area contributed by atoms with Crippen molar-refractivity contribution in [1.29, 1.82) is 0 Å². The van der Waals surface area contributed by atoms with Crippen LogP contribution in [0.25, 0.3) is 54.0 Å². The van der Waals surface area contributed by atoms with Crippen LogP contribution in [0.5, 0.6) is 0 Å². The number of halogens is 2. The molecule has 2 fully saturated rings. The predicted molar refractivity (Wildman–Crippen MR) is 314 cm³/mol. The molecular weight excluding hydrogens is 1090 g/mol. The van der Waals surface area contributed by atoms with E-state index in [2.05, 4.69) is 71.5 Å². The second-order valence-corrected chi connectivity index (χ2v) is 19.6. The van der Waals surface area contributed by atoms with Crippen molar-refractivity contribution < 1.29 is 19.2 Å². The van der Waals surface area contributed by atoms with Crippen molar-refractivity contribution in [2.24, 2.45) is 0 Å². The molecule has 0 bridgehead atoms. The predicted octanol–water partition coefficient (Wildman–Crippen LogP) is 10.3. The molecule has 400 valence electrons. The summed E-state index contributed by atoms with van der Waals surface area (Å²) in [7, 11) is 3.86. The summed E-state index contributed by atoms with van der Waals surface area (Å²) < 4.78 is 0. The van der Waals surface area contributed by atoms with Crippen molar-refractivity contribution in [3.63, 3.8) is 0 Å². The fourth-order valence-electron chi connectivity index (χ4n) is 8.85. The van der Waals surface area contributed by atoms with Crippen LogP contribution in [-0.4, -0.2) is 132 Å². The number of likely N-dealkylation sites (N-methyl/N-ethyl adjacent to an activating group) is 1. The normalized spacial score (nSPS) is 14.8. The molecular formula is C58H55BrClN15O4. The molecule has 0 spiro atoms. The number of carbonyl (C=O) groups excluding carboxylic acids is 4. The number of hydrogen-bond acceptors (Lipinski definition) is 12. The highest BCUT2D eigenvalue weighted by atomic mass is 79.9. The van der Waals surface area contributed by atoms with E-state index in [-0.39, 0.29) is 29.8 Å². The zero-order valence-corrected chi connectivity index (χ0v) is 45.5. The van der Waals surface area contributed by atoms with Crippen LogP contribution < -0.4 is 21.7 Å². The van der Waals surface area contributed by atoms with Crippen LogP contribution in [0.2, 0.25) is 0 Å². The number of hydrogen-bond donors (Lipinski definition) is 6. The number of aromatic amines is 2. The number of anilines is 4. The van der Waals surface area contributed by atoms with E-state index in [0.29, 0.717) is 95.2 Å². The third-order valence-electron chi connectivity index (χ3n) is 12.7. The minimum Gasteiger partial charge on any atom is -0.399 e. The van der Waals surface area contributed by atoms with Crippen LogP contribution >= 0.6 is 27.5 Å². The first-order valence-electron chi connectivity index (χ1n) is 25.0. The summed E-state index contributed by atoms with van der Waals surface area (Å²) in [5.74, 6) is 0.569. The lowest BCUT2D eigenvalue weighted by Gasteiger charge is -2.18. The van der Waals surface area contributed by atoms with Crippen molar-refractivity contribution in [3.8, 4) is 22.5 Å². The number of benzene rings is 4. The smallest absolute Gasteiger partial charge is 0.253 e. The Morgan fingerprint density at radius 1 is 0.722 bits per heavy atom. The number of nitrogens with zero attached hydrogens (tertiary/aromatic N) is 9. The van der Waals surface area contributed by atoms with Gasteiger partial charge in [0.05, 0.1) is 24.5 Å². The summed E-state index contributed by atoms with van der Waals surface area (Å²) in [6.07, 6.45) is 14.6. The van der Waals surface area contributed by atoms with Crippen LogP contribution in [0, 0.1) is 13.1 Å². The maximum atomic E-state index is 13.1. The van der Waals surface area contributed by atoms with E-state index in [0.717, 1.165) is 45.8 Å². The van der Waals surface area contributed by atoms with Gasteiger partial charge in [-0.05, 0) is 105 Å². The van der Waals surface area contributed by atoms with E-state index < -0.39 is 5.24 Å². The van der Waals surface area contributed by atoms with Crippen LogP contribution in [-0.2, 0) is 9.59 Å². The van der Waals surface area contributed by atoms with Gasteiger partial charge in [0, 0.05) is 136 Å². The van der Waals surface area contributed by atoms with E-state index >= 15 is 0 Å². The maximum absolute atomic E-state index is 13.1. The van der Waals surface area contributed by atoms with Crippen molar-refractivity contribution in [2.45, 2.75) is 24.9 Å². The molecule has 4 aromatic carbocycles. The molecule has 0 radical (unpaired) electrons. The van der Waals surface area contributed by atoms with Crippen molar-refractivity contribution in [2.75, 3.05) is 73.8 Å². The molecule has 7 N–H and O–H groups in total. The average molecular weight is 1140 g/mol. The number of likely N-dealkylation sites (tertiary alicyclic amines) is 2. The Balaban J connectivity index is 0.000000189. The van der Waals surface area contributed by atoms with Gasteiger partial charge in [0.15, 0.2) is 0 Å². The summed E-state index contributed by atoms with van der Waals surface area (Å²) in [4.78, 5) is 85.1. The zero-order valence-electron chi connectivity index (χ0n) is 43.2. The number of allylic oxidation sites excluding steroid dienone is 2. The third kappa shape index (κ3) is 14.6. The van der Waals surface area contributed by atoms with Crippen molar-refractivity contribution in [1.82, 2.24) is 44.6 Å². The molecule has 2 aliphatic heterocycles. The number of fused-ring (bicyclic) bond motifs is 2. The van der Waals surface area contributed by atoms with E-state index in [9.17, 15) is 19.2 Å². The van der Waals surface area contributed by atoms with E-state index in [4.69, 9.17) is 30.5 Å². The Morgan fingerprint density at radius 3 is 1.65 bits per heavy atom. The van der Waals surface area contributed by atoms with Crippen molar-refractivity contribution >= 4 is 107 Å². The molecule has 0 unspecified atom stereocenters. The highest BCUT2D eigenvalue weighted by molar-refractivity contribution is 9.09. The molecule has 21 heteroatoms. The standard InChI is InChI=1S/C30H30N8O2.C24H21N7O.C4H4BrClO/c1-31-26-18-33-30(36-28(26)24-17-32-25-8-5-4-7-23(24)25)35-22-14-16-38(19-22)29(40)20-10-12-21(13-11-20)34-27(39)9-6-15-37(2)3;1-26-21-13-28-24(30-22(21)19-12-27-20-5-3-2-4-18(19)20)29-17-10-11-31(14-17)23(32)15-6-8-16(25)9-7-15;5-3-1-2-4(6)7/h4-13,17-18,22,32H,14-16,19H2,2-3H3,(H,34,39)(H,33,35,36);2-9,12-13,17,27H,10-11,14,25H2,(H,28,29,30);1-2H,3H2/b9-6+;;2-1+/t22-;17-;/m11./s1. The Labute approximate surface area is 469 Å². The summed E-state index contributed by atoms with van der Waals surface area (Å²) >= 11 is 7.99. The topological polar surface area (TPSA) is 232 Å². The molecule has 0 aliphatic carbocycles. The number of H-pyrrole nitrogens is 2. The zero-order chi connectivity index (χ0) is 55.8. The molecule has 2 aliphatic rings. The average Bonchev–Trinajstić information content (AvgIpc) is 4.33. The molecule has 8 aromatic rings. The van der Waals surface area contributed by atoms with Gasteiger partial charge in [-0.15, -0.1) is 0 Å². The monoisotopic (exact) mass is 1140 g/mol. The molecule has 10 rings (SSSR count). The van der Waals surface area contributed by atoms with Crippen molar-refractivity contribution in [3.05, 3.63) is 180 Å². The molecule has 4 aromatic heterocycles. The Morgan fingerprint density at radius 2 is 1.20 bits per heavy atom. The number of amides is 3. The highest BCUT2D eigenvalue weighted by Gasteiger charge is 2.29. The van der Waals surface area contributed by atoms with Gasteiger partial charge in [-0.25, -0.2) is 29.6 Å². The molecule has 2 saturated heterocycles. The molecule has 3 amide bonds. The van der Waals surface area contributed by atoms with E-state index in [1.807, 2.05) is 84.8 Å². The number of nitrogens with one attached hydrogen (secondary N) is 5. The van der Waals surface area contributed by atoms with Crippen LogP contribution in [0.15, 0.2) is 146 Å². The molecule has 6 heterocycles. The van der Waals surface area contributed by atoms with Crippen LogP contribution in [0.1, 0.15) is 33.6 Å². The fourth-order valence-corrected chi connectivity index (χ4v) is 9.13. The van der Waals surface area contributed by atoms with E-state index in [1.54, 1.807) is 71.8 Å². The van der Waals surface area contributed by atoms with Gasteiger partial charge in [0.1, 0.15) is 0 Å². The van der Waals surface area contributed by atoms with Gasteiger partial charge >= 0.3 is 0 Å². The highest BCUT2D eigenvalue weighted by Crippen LogP contribution is 2.36. The summed E-state index contributed by atoms with van der Waals surface area (Å²) in [6.45, 7) is 18.1. The SMILES string of the molecule is O=C(Cl)/C=C/CBr.[C-]#[N+]c1cnc(N[C@@H]2CCN(C(=O)c3ccc(N)cc3)C2)nc1-c1c[nH]c2ccccc12.[C-]#[N+]c1cnc(N[C@@H]2CCN(C(=O)c3ccc(NC(=O)/C=C/CN(C)C)cc3)C2)nc1-c1c[nH]c2ccccc12. The van der Waals surface area contributed by atoms with Gasteiger partial charge in [-0.1, -0.05) is 64.5 Å². The lowest BCUT2D eigenvalue weighted by atomic mass is 10.1. The molecule has 2 atom stereocenters. The number of rotatable bonds is 14. The number of nitrogens with two attached hydrogens (primary N) is 1. The number of para-hydroxylation sites is 2. The van der Waals surface area contributed by atoms with Gasteiger partial charge < -0.3 is 46.4 Å². The minimum atomic E-state index is -0.431. The first-order chi connectivity index (χ1) is 38.3. The quantitative estimate of drug-likeness (QED) is 0.0196. The van der Waals surface area contributed by atoms with Gasteiger partial charge in [0.25, 0.3) is 11.8 Å². The Hall–Kier alpha value is -9.21. The Kier molecular flexibility index (Phi) is 18.9. The van der Waals surface area contributed by atoms with Gasteiger partial charge in [-0.2, -0.15) is 0 Å². The summed E-state index contributed by atoms with van der Waals surface area (Å²) in [6, 6.07) is 29.7. The lowest BCUT2D eigenvalue weighted by molar-refractivity contribution is -0.112. The second-order valence-electron chi connectivity index (χ2n) is 18.6. The molecule has 19 nitrogen and oxygen atoms in total. The third-order valence-corrected chi connectivity index (χ3v) is 13.2. The number of carbonyl (C=O) groups is 4. The number of aromatic nitrogens is 6. The largest absolute Gasteiger partial charge is 0.399 e. The summed E-state index contributed by atoms with van der Waals surface area (Å²) in [5, 5.41) is 11.7. The first-order valence-corrected chi connectivity index (χ1v) is 26.5. The van der Waals surface area contributed by atoms with Crippen LogP contribution in [0.3, 0.4) is 0 Å². The van der Waals surface area contributed by atoms with Gasteiger partial charge in [-0.3, -0.25) is 19.2 Å². The lowest BCUT2D eigenvalue weighted by Crippen LogP contribution is -2.31. The van der Waals surface area contributed by atoms with Gasteiger partial charge in [0.2, 0.25) is 34.4 Å². The second kappa shape index (κ2) is 26.7. The minimum absolute atomic E-state index is 0.0157. The first kappa shape index (κ1) is 56.0. The van der Waals surface area contributed by atoms with E-state index in [1.165, 1.54) is 18.3 Å². The molecule has 0 saturated carbocycles. The summed E-state index contributed by atoms with van der Waals surface area (Å²) in [5.41, 5.74) is 13.8. The fraction of sp³-hybridized carbons (Fsp3) is 0.207. The van der Waals surface area contributed by atoms with Crippen LogP contribution in [0.4, 0.5) is 34.6 Å². The molecule has 79 heavy (non-hydrogen) atoms.